The summed E-state index contributed by atoms with van der Waals surface area (Å²) in [4.78, 5) is 40.3. The first-order valence-corrected chi connectivity index (χ1v) is 11.6. The summed E-state index contributed by atoms with van der Waals surface area (Å²) in [5, 5.41) is 10.7. The number of ether oxygens (including phenoxy) is 1. The fourth-order valence-corrected chi connectivity index (χ4v) is 5.23. The Hall–Kier alpha value is -3.72. The Balaban J connectivity index is 1.02. The second-order valence-electron chi connectivity index (χ2n) is 9.20. The van der Waals surface area contributed by atoms with Gasteiger partial charge in [-0.25, -0.2) is 0 Å². The fraction of sp³-hybridized carbons (Fsp3) is 0.360. The lowest BCUT2D eigenvalue weighted by Gasteiger charge is -2.39. The number of aromatic amines is 1. The molecule has 1 atom stereocenters. The Bertz CT molecular complexity index is 1300. The SMILES string of the molecule is O=C1CCC(N2Cc3cc(OCCN4CC(c5cccc6[nH]ncc56)C4)ccc3C2=O)C(=O)N1. The van der Waals surface area contributed by atoms with E-state index in [-0.39, 0.29) is 18.2 Å². The molecule has 0 aliphatic carbocycles. The molecule has 4 heterocycles. The van der Waals surface area contributed by atoms with Crippen molar-refractivity contribution in [1.29, 1.82) is 0 Å². The van der Waals surface area contributed by atoms with Crippen LogP contribution in [0.3, 0.4) is 0 Å². The van der Waals surface area contributed by atoms with Gasteiger partial charge in [-0.1, -0.05) is 12.1 Å². The Kier molecular flexibility index (Phi) is 5.06. The maximum absolute atomic E-state index is 12.8. The van der Waals surface area contributed by atoms with E-state index in [4.69, 9.17) is 4.74 Å². The van der Waals surface area contributed by atoms with Crippen LogP contribution < -0.4 is 10.1 Å². The van der Waals surface area contributed by atoms with Crippen LogP contribution in [0.1, 0.15) is 40.2 Å². The number of carbonyl (C=O) groups excluding carboxylic acids is 3. The molecular formula is C25H25N5O4. The zero-order valence-corrected chi connectivity index (χ0v) is 18.6. The lowest BCUT2D eigenvalue weighted by molar-refractivity contribution is -0.136. The number of carbonyl (C=O) groups is 3. The molecule has 3 aliphatic rings. The van der Waals surface area contributed by atoms with Gasteiger partial charge in [0.2, 0.25) is 11.8 Å². The number of nitrogens with one attached hydrogen (secondary N) is 2. The predicted octanol–water partition coefficient (Wildman–Crippen LogP) is 1.80. The van der Waals surface area contributed by atoms with Crippen molar-refractivity contribution in [2.45, 2.75) is 31.3 Å². The van der Waals surface area contributed by atoms with E-state index in [9.17, 15) is 14.4 Å². The number of imide groups is 1. The van der Waals surface area contributed by atoms with E-state index in [1.807, 2.05) is 24.4 Å². The second-order valence-corrected chi connectivity index (χ2v) is 9.20. The van der Waals surface area contributed by atoms with E-state index in [2.05, 4.69) is 32.5 Å². The van der Waals surface area contributed by atoms with Crippen molar-refractivity contribution in [2.24, 2.45) is 0 Å². The first-order chi connectivity index (χ1) is 16.6. The van der Waals surface area contributed by atoms with Gasteiger partial charge < -0.3 is 9.64 Å². The molecule has 2 N–H and O–H groups in total. The van der Waals surface area contributed by atoms with E-state index in [1.165, 1.54) is 10.9 Å². The Labute approximate surface area is 196 Å². The van der Waals surface area contributed by atoms with Crippen LogP contribution in [-0.2, 0) is 16.1 Å². The summed E-state index contributed by atoms with van der Waals surface area (Å²) < 4.78 is 5.98. The minimum absolute atomic E-state index is 0.171. The number of hydrogen-bond acceptors (Lipinski definition) is 6. The molecule has 1 aromatic heterocycles. The molecule has 0 saturated carbocycles. The summed E-state index contributed by atoms with van der Waals surface area (Å²) >= 11 is 0. The van der Waals surface area contributed by atoms with Crippen LogP contribution in [0, 0.1) is 0 Å². The van der Waals surface area contributed by atoms with Gasteiger partial charge in [0.25, 0.3) is 5.91 Å². The van der Waals surface area contributed by atoms with Crippen LogP contribution in [0.5, 0.6) is 5.75 Å². The largest absolute Gasteiger partial charge is 0.492 e. The molecule has 34 heavy (non-hydrogen) atoms. The molecule has 3 aliphatic heterocycles. The molecule has 2 saturated heterocycles. The van der Waals surface area contributed by atoms with Crippen molar-refractivity contribution in [1.82, 2.24) is 25.3 Å². The average molecular weight is 460 g/mol. The van der Waals surface area contributed by atoms with Gasteiger partial charge in [0.1, 0.15) is 18.4 Å². The van der Waals surface area contributed by atoms with Crippen LogP contribution >= 0.6 is 0 Å². The quantitative estimate of drug-likeness (QED) is 0.545. The van der Waals surface area contributed by atoms with Crippen LogP contribution in [-0.4, -0.2) is 70.0 Å². The summed E-state index contributed by atoms with van der Waals surface area (Å²) in [6, 6.07) is 11.2. The van der Waals surface area contributed by atoms with E-state index in [1.54, 1.807) is 11.0 Å². The van der Waals surface area contributed by atoms with Gasteiger partial charge in [-0.3, -0.25) is 29.7 Å². The molecule has 6 rings (SSSR count). The first-order valence-electron chi connectivity index (χ1n) is 11.6. The maximum atomic E-state index is 12.8. The van der Waals surface area contributed by atoms with E-state index in [0.29, 0.717) is 31.1 Å². The highest BCUT2D eigenvalue weighted by Gasteiger charge is 2.39. The lowest BCUT2D eigenvalue weighted by atomic mass is 9.89. The van der Waals surface area contributed by atoms with Gasteiger partial charge in [0, 0.05) is 49.5 Å². The number of nitrogens with zero attached hydrogens (tertiary/aromatic N) is 3. The first kappa shape index (κ1) is 20.9. The highest BCUT2D eigenvalue weighted by Crippen LogP contribution is 2.32. The fourth-order valence-electron chi connectivity index (χ4n) is 5.23. The highest BCUT2D eigenvalue weighted by molar-refractivity contribution is 6.05. The highest BCUT2D eigenvalue weighted by atomic mass is 16.5. The third-order valence-corrected chi connectivity index (χ3v) is 7.09. The normalized spacial score (nSPS) is 21.0. The molecule has 9 nitrogen and oxygen atoms in total. The summed E-state index contributed by atoms with van der Waals surface area (Å²) in [5.41, 5.74) is 3.86. The van der Waals surface area contributed by atoms with Crippen LogP contribution in [0.15, 0.2) is 42.6 Å². The zero-order chi connectivity index (χ0) is 23.2. The predicted molar refractivity (Wildman–Crippen MR) is 123 cm³/mol. The van der Waals surface area contributed by atoms with E-state index < -0.39 is 11.9 Å². The number of aromatic nitrogens is 2. The topological polar surface area (TPSA) is 108 Å². The number of amides is 3. The van der Waals surface area contributed by atoms with Gasteiger partial charge in [-0.05, 0) is 41.8 Å². The third-order valence-electron chi connectivity index (χ3n) is 7.09. The summed E-state index contributed by atoms with van der Waals surface area (Å²) in [5.74, 6) is 0.372. The lowest BCUT2D eigenvalue weighted by Crippen LogP contribution is -2.52. The van der Waals surface area contributed by atoms with Gasteiger partial charge in [-0.15, -0.1) is 0 Å². The molecule has 0 spiro atoms. The summed E-state index contributed by atoms with van der Waals surface area (Å²) in [6.07, 6.45) is 2.51. The Morgan fingerprint density at radius 3 is 2.85 bits per heavy atom. The standard InChI is InChI=1S/C25H25N5O4/c31-23-7-6-22(24(32)27-23)30-14-15-10-17(4-5-19(15)25(30)33)34-9-8-29-12-16(13-29)18-2-1-3-21-20(18)11-26-28-21/h1-5,10-11,16,22H,6-9,12-14H2,(H,26,28)(H,27,31,32). The van der Waals surface area contributed by atoms with E-state index in [0.717, 1.165) is 36.5 Å². The average Bonchev–Trinajstić information content (AvgIpc) is 3.40. The Morgan fingerprint density at radius 1 is 1.12 bits per heavy atom. The van der Waals surface area contributed by atoms with Crippen molar-refractivity contribution in [3.8, 4) is 5.75 Å². The number of rotatable bonds is 6. The molecule has 3 aromatic rings. The second kappa shape index (κ2) is 8.25. The smallest absolute Gasteiger partial charge is 0.255 e. The molecule has 174 valence electrons. The van der Waals surface area contributed by atoms with Crippen molar-refractivity contribution in [2.75, 3.05) is 26.2 Å². The van der Waals surface area contributed by atoms with Gasteiger partial charge in [-0.2, -0.15) is 5.10 Å². The maximum Gasteiger partial charge on any atom is 0.255 e. The molecule has 0 bridgehead atoms. The van der Waals surface area contributed by atoms with E-state index >= 15 is 0 Å². The van der Waals surface area contributed by atoms with Gasteiger partial charge >= 0.3 is 0 Å². The molecular weight excluding hydrogens is 434 g/mol. The summed E-state index contributed by atoms with van der Waals surface area (Å²) in [6.45, 7) is 3.73. The number of likely N-dealkylation sites (tertiary alicyclic amines) is 1. The minimum atomic E-state index is -0.603. The van der Waals surface area contributed by atoms with Gasteiger partial charge in [0.05, 0.1) is 11.7 Å². The number of hydrogen-bond donors (Lipinski definition) is 2. The zero-order valence-electron chi connectivity index (χ0n) is 18.6. The Morgan fingerprint density at radius 2 is 2.00 bits per heavy atom. The molecule has 2 fully saturated rings. The monoisotopic (exact) mass is 459 g/mol. The van der Waals surface area contributed by atoms with Crippen molar-refractivity contribution in [3.63, 3.8) is 0 Å². The number of benzene rings is 2. The number of H-pyrrole nitrogens is 1. The number of fused-ring (bicyclic) bond motifs is 2. The molecule has 0 radical (unpaired) electrons. The van der Waals surface area contributed by atoms with Crippen molar-refractivity contribution >= 4 is 28.6 Å². The summed E-state index contributed by atoms with van der Waals surface area (Å²) in [7, 11) is 0. The minimum Gasteiger partial charge on any atom is -0.492 e. The van der Waals surface area contributed by atoms with Crippen molar-refractivity contribution in [3.05, 3.63) is 59.3 Å². The van der Waals surface area contributed by atoms with Crippen LogP contribution in [0.25, 0.3) is 10.9 Å². The van der Waals surface area contributed by atoms with Crippen LogP contribution in [0.4, 0.5) is 0 Å². The number of piperidine rings is 1. The van der Waals surface area contributed by atoms with Crippen molar-refractivity contribution < 1.29 is 19.1 Å². The molecule has 3 amide bonds. The van der Waals surface area contributed by atoms with Crippen LogP contribution in [0.2, 0.25) is 0 Å². The molecule has 2 aromatic carbocycles. The van der Waals surface area contributed by atoms with Gasteiger partial charge in [0.15, 0.2) is 0 Å². The molecule has 9 heteroatoms. The third kappa shape index (κ3) is 3.62. The molecule has 1 unspecified atom stereocenters.